The lowest BCUT2D eigenvalue weighted by atomic mass is 9.94. The van der Waals surface area contributed by atoms with Gasteiger partial charge in [-0.1, -0.05) is 152 Å². The minimum atomic E-state index is 1.11. The highest BCUT2D eigenvalue weighted by Crippen LogP contribution is 2.43. The van der Waals surface area contributed by atoms with Gasteiger partial charge in [-0.25, -0.2) is 0 Å². The van der Waals surface area contributed by atoms with E-state index in [4.69, 9.17) is 0 Å². The van der Waals surface area contributed by atoms with E-state index in [-0.39, 0.29) is 0 Å². The van der Waals surface area contributed by atoms with E-state index in [1.54, 1.807) is 0 Å². The summed E-state index contributed by atoms with van der Waals surface area (Å²) in [5, 5.41) is 4.94. The standard InChI is InChI=1S/C44H31N/c1-3-11-32(12-4-1)35-23-27-40(28-24-35)45(41-29-25-36(26-30-41)33-13-5-2-6-14-33)43-20-10-18-37-17-9-19-42(44(37)43)39-22-21-34-15-7-8-16-38(34)31-39/h1-31H. The Balaban J connectivity index is 1.32. The molecule has 0 saturated heterocycles. The zero-order chi connectivity index (χ0) is 30.0. The molecule has 0 fully saturated rings. The first-order valence-corrected chi connectivity index (χ1v) is 15.4. The van der Waals surface area contributed by atoms with Crippen LogP contribution in [0.1, 0.15) is 0 Å². The average molecular weight is 574 g/mol. The number of hydrogen-bond donors (Lipinski definition) is 0. The second-order valence-corrected chi connectivity index (χ2v) is 11.4. The fraction of sp³-hybridized carbons (Fsp3) is 0. The van der Waals surface area contributed by atoms with Crippen molar-refractivity contribution in [2.75, 3.05) is 4.90 Å². The second kappa shape index (κ2) is 11.6. The van der Waals surface area contributed by atoms with E-state index < -0.39 is 0 Å². The van der Waals surface area contributed by atoms with Crippen molar-refractivity contribution in [3.05, 3.63) is 188 Å². The average Bonchev–Trinajstić information content (AvgIpc) is 3.13. The van der Waals surface area contributed by atoms with Gasteiger partial charge in [-0.2, -0.15) is 0 Å². The minimum Gasteiger partial charge on any atom is -0.310 e. The Labute approximate surface area is 264 Å². The van der Waals surface area contributed by atoms with Gasteiger partial charge in [0, 0.05) is 16.8 Å². The monoisotopic (exact) mass is 573 g/mol. The third kappa shape index (κ3) is 5.15. The first-order chi connectivity index (χ1) is 22.3. The molecule has 8 aromatic rings. The van der Waals surface area contributed by atoms with Gasteiger partial charge in [0.1, 0.15) is 0 Å². The van der Waals surface area contributed by atoms with Crippen molar-refractivity contribution < 1.29 is 0 Å². The highest BCUT2D eigenvalue weighted by molar-refractivity contribution is 6.08. The van der Waals surface area contributed by atoms with Crippen LogP contribution in [0, 0.1) is 0 Å². The van der Waals surface area contributed by atoms with Crippen molar-refractivity contribution in [1.82, 2.24) is 0 Å². The fourth-order valence-corrected chi connectivity index (χ4v) is 6.40. The first kappa shape index (κ1) is 26.7. The Morgan fingerprint density at radius 3 is 1.36 bits per heavy atom. The smallest absolute Gasteiger partial charge is 0.0546 e. The molecule has 0 aliphatic carbocycles. The molecular weight excluding hydrogens is 542 g/mol. The van der Waals surface area contributed by atoms with E-state index in [0.717, 1.165) is 17.1 Å². The first-order valence-electron chi connectivity index (χ1n) is 15.4. The van der Waals surface area contributed by atoms with Crippen LogP contribution in [0.15, 0.2) is 188 Å². The van der Waals surface area contributed by atoms with Gasteiger partial charge in [0.2, 0.25) is 0 Å². The largest absolute Gasteiger partial charge is 0.310 e. The Morgan fingerprint density at radius 2 is 0.756 bits per heavy atom. The van der Waals surface area contributed by atoms with Gasteiger partial charge in [-0.05, 0) is 85.9 Å². The molecule has 0 aromatic heterocycles. The number of hydrogen-bond acceptors (Lipinski definition) is 1. The lowest BCUT2D eigenvalue weighted by Crippen LogP contribution is -2.10. The van der Waals surface area contributed by atoms with Crippen LogP contribution in [-0.4, -0.2) is 0 Å². The molecular formula is C44H31N. The molecule has 8 rings (SSSR count). The molecule has 0 saturated carbocycles. The number of fused-ring (bicyclic) bond motifs is 2. The van der Waals surface area contributed by atoms with E-state index in [1.165, 1.54) is 54.9 Å². The molecule has 0 amide bonds. The molecule has 0 unspecified atom stereocenters. The Kier molecular flexibility index (Phi) is 6.90. The summed E-state index contributed by atoms with van der Waals surface area (Å²) in [6.45, 7) is 0. The normalized spacial score (nSPS) is 11.1. The van der Waals surface area contributed by atoms with Crippen molar-refractivity contribution in [3.8, 4) is 33.4 Å². The Hall–Kier alpha value is -5.92. The van der Waals surface area contributed by atoms with Crippen LogP contribution < -0.4 is 4.90 Å². The van der Waals surface area contributed by atoms with Crippen molar-refractivity contribution in [2.24, 2.45) is 0 Å². The van der Waals surface area contributed by atoms with Crippen LogP contribution in [0.25, 0.3) is 54.9 Å². The number of rotatable bonds is 6. The molecule has 0 aliphatic heterocycles. The summed E-state index contributed by atoms with van der Waals surface area (Å²) in [5.74, 6) is 0. The van der Waals surface area contributed by atoms with Gasteiger partial charge in [-0.3, -0.25) is 0 Å². The van der Waals surface area contributed by atoms with Gasteiger partial charge in [0.25, 0.3) is 0 Å². The maximum atomic E-state index is 2.40. The second-order valence-electron chi connectivity index (χ2n) is 11.4. The van der Waals surface area contributed by atoms with Crippen LogP contribution in [0.2, 0.25) is 0 Å². The predicted octanol–water partition coefficient (Wildman–Crippen LogP) is 12.5. The van der Waals surface area contributed by atoms with Gasteiger partial charge in [0.15, 0.2) is 0 Å². The third-order valence-corrected chi connectivity index (χ3v) is 8.65. The van der Waals surface area contributed by atoms with Gasteiger partial charge >= 0.3 is 0 Å². The summed E-state index contributed by atoms with van der Waals surface area (Å²) in [6, 6.07) is 67.7. The Morgan fingerprint density at radius 1 is 0.289 bits per heavy atom. The van der Waals surface area contributed by atoms with Gasteiger partial charge < -0.3 is 4.90 Å². The predicted molar refractivity (Wildman–Crippen MR) is 192 cm³/mol. The van der Waals surface area contributed by atoms with E-state index >= 15 is 0 Å². The minimum absolute atomic E-state index is 1.11. The molecule has 1 nitrogen and oxygen atoms in total. The van der Waals surface area contributed by atoms with Crippen molar-refractivity contribution in [2.45, 2.75) is 0 Å². The molecule has 0 radical (unpaired) electrons. The summed E-state index contributed by atoms with van der Waals surface area (Å²) in [5.41, 5.74) is 10.6. The van der Waals surface area contributed by atoms with Crippen LogP contribution in [0.5, 0.6) is 0 Å². The zero-order valence-electron chi connectivity index (χ0n) is 24.8. The highest BCUT2D eigenvalue weighted by atomic mass is 15.1. The van der Waals surface area contributed by atoms with E-state index in [9.17, 15) is 0 Å². The molecule has 45 heavy (non-hydrogen) atoms. The van der Waals surface area contributed by atoms with E-state index in [2.05, 4.69) is 193 Å². The van der Waals surface area contributed by atoms with Gasteiger partial charge in [0.05, 0.1) is 5.69 Å². The van der Waals surface area contributed by atoms with Crippen LogP contribution in [-0.2, 0) is 0 Å². The molecule has 1 heteroatoms. The summed E-state index contributed by atoms with van der Waals surface area (Å²) in [4.78, 5) is 2.40. The number of benzene rings is 8. The van der Waals surface area contributed by atoms with Crippen LogP contribution in [0.4, 0.5) is 17.1 Å². The summed E-state index contributed by atoms with van der Waals surface area (Å²) in [6.07, 6.45) is 0. The quantitative estimate of drug-likeness (QED) is 0.191. The third-order valence-electron chi connectivity index (χ3n) is 8.65. The SMILES string of the molecule is c1ccc(-c2ccc(N(c3ccc(-c4ccccc4)cc3)c3cccc4cccc(-c5ccc6ccccc6c5)c34)cc2)cc1. The lowest BCUT2D eigenvalue weighted by Gasteiger charge is -2.28. The summed E-state index contributed by atoms with van der Waals surface area (Å²) >= 11 is 0. The molecule has 8 aromatic carbocycles. The number of nitrogens with zero attached hydrogens (tertiary/aromatic N) is 1. The van der Waals surface area contributed by atoms with Crippen LogP contribution in [0.3, 0.4) is 0 Å². The highest BCUT2D eigenvalue weighted by Gasteiger charge is 2.18. The zero-order valence-corrected chi connectivity index (χ0v) is 24.8. The molecule has 0 N–H and O–H groups in total. The van der Waals surface area contributed by atoms with Crippen molar-refractivity contribution in [3.63, 3.8) is 0 Å². The molecule has 0 atom stereocenters. The van der Waals surface area contributed by atoms with Crippen LogP contribution >= 0.6 is 0 Å². The Bertz CT molecular complexity index is 2150. The van der Waals surface area contributed by atoms with E-state index in [0.29, 0.717) is 0 Å². The lowest BCUT2D eigenvalue weighted by molar-refractivity contribution is 1.30. The molecule has 0 bridgehead atoms. The molecule has 0 spiro atoms. The maximum Gasteiger partial charge on any atom is 0.0546 e. The van der Waals surface area contributed by atoms with E-state index in [1.807, 2.05) is 0 Å². The maximum absolute atomic E-state index is 2.40. The van der Waals surface area contributed by atoms with Crippen molar-refractivity contribution in [1.29, 1.82) is 0 Å². The molecule has 0 heterocycles. The number of anilines is 3. The summed E-state index contributed by atoms with van der Waals surface area (Å²) < 4.78 is 0. The van der Waals surface area contributed by atoms with Crippen molar-refractivity contribution >= 4 is 38.6 Å². The fourth-order valence-electron chi connectivity index (χ4n) is 6.40. The van der Waals surface area contributed by atoms with Gasteiger partial charge in [-0.15, -0.1) is 0 Å². The topological polar surface area (TPSA) is 3.24 Å². The molecule has 0 aliphatic rings. The molecule has 212 valence electrons. The summed E-state index contributed by atoms with van der Waals surface area (Å²) in [7, 11) is 0.